The van der Waals surface area contributed by atoms with Crippen molar-refractivity contribution < 1.29 is 9.47 Å². The van der Waals surface area contributed by atoms with Gasteiger partial charge in [0.2, 0.25) is 0 Å². The van der Waals surface area contributed by atoms with Crippen molar-refractivity contribution in [2.45, 2.75) is 82.5 Å². The highest BCUT2D eigenvalue weighted by molar-refractivity contribution is 7.99. The van der Waals surface area contributed by atoms with E-state index in [-0.39, 0.29) is 0 Å². The minimum atomic E-state index is 0.504. The molecule has 1 aliphatic heterocycles. The van der Waals surface area contributed by atoms with Crippen LogP contribution in [0.25, 0.3) is 0 Å². The summed E-state index contributed by atoms with van der Waals surface area (Å²) in [6, 6.07) is 0. The molecule has 1 atom stereocenters. The fourth-order valence-electron chi connectivity index (χ4n) is 2.77. The quantitative estimate of drug-likeness (QED) is 0.273. The predicted molar refractivity (Wildman–Crippen MR) is 98.6 cm³/mol. The molecule has 0 aliphatic carbocycles. The van der Waals surface area contributed by atoms with Crippen LogP contribution in [0.15, 0.2) is 12.7 Å². The van der Waals surface area contributed by atoms with Gasteiger partial charge < -0.3 is 9.47 Å². The van der Waals surface area contributed by atoms with Gasteiger partial charge in [-0.2, -0.15) is 0 Å². The van der Waals surface area contributed by atoms with Gasteiger partial charge in [-0.15, -0.1) is 18.3 Å². The number of unbranched alkanes of at least 4 members (excludes halogenated alkanes) is 8. The molecule has 1 unspecified atom stereocenters. The Balaban J connectivity index is 1.68. The third kappa shape index (κ3) is 12.5. The molecule has 0 radical (unpaired) electrons. The van der Waals surface area contributed by atoms with Crippen molar-refractivity contribution in [3.63, 3.8) is 0 Å². The van der Waals surface area contributed by atoms with Crippen molar-refractivity contribution >= 4 is 11.8 Å². The fourth-order valence-corrected chi connectivity index (χ4v) is 3.93. The highest BCUT2D eigenvalue weighted by Crippen LogP contribution is 2.24. The maximum absolute atomic E-state index is 5.74. The molecule has 1 saturated heterocycles. The van der Waals surface area contributed by atoms with Crippen molar-refractivity contribution in [1.29, 1.82) is 0 Å². The topological polar surface area (TPSA) is 18.5 Å². The fraction of sp³-hybridized carbons (Fsp3) is 0.895. The molecule has 0 bridgehead atoms. The van der Waals surface area contributed by atoms with Gasteiger partial charge in [-0.25, -0.2) is 0 Å². The molecule has 1 heterocycles. The lowest BCUT2D eigenvalue weighted by atomic mass is 10.1. The highest BCUT2D eigenvalue weighted by atomic mass is 32.2. The van der Waals surface area contributed by atoms with Crippen LogP contribution in [-0.4, -0.2) is 31.0 Å². The highest BCUT2D eigenvalue weighted by Gasteiger charge is 2.13. The molecule has 3 heteroatoms. The number of ether oxygens (including phenoxy) is 2. The second-order valence-corrected chi connectivity index (χ2v) is 7.48. The van der Waals surface area contributed by atoms with E-state index in [0.717, 1.165) is 13.2 Å². The summed E-state index contributed by atoms with van der Waals surface area (Å²) in [5.74, 6) is 1.29. The molecule has 22 heavy (non-hydrogen) atoms. The van der Waals surface area contributed by atoms with E-state index in [1.807, 2.05) is 17.8 Å². The van der Waals surface area contributed by atoms with Crippen LogP contribution in [0.5, 0.6) is 0 Å². The van der Waals surface area contributed by atoms with Crippen LogP contribution in [0.1, 0.15) is 77.0 Å². The average molecular weight is 329 g/mol. The summed E-state index contributed by atoms with van der Waals surface area (Å²) in [6.07, 6.45) is 18.0. The van der Waals surface area contributed by atoms with Gasteiger partial charge in [0.05, 0.1) is 6.61 Å². The Morgan fingerprint density at radius 3 is 2.27 bits per heavy atom. The number of thioether (sulfide) groups is 1. The van der Waals surface area contributed by atoms with Crippen molar-refractivity contribution in [2.24, 2.45) is 0 Å². The Morgan fingerprint density at radius 1 is 0.955 bits per heavy atom. The summed E-state index contributed by atoms with van der Waals surface area (Å²) in [5, 5.41) is 0. The Labute approximate surface area is 142 Å². The molecule has 130 valence electrons. The lowest BCUT2D eigenvalue weighted by molar-refractivity contribution is 0.0728. The zero-order valence-corrected chi connectivity index (χ0v) is 15.2. The molecular formula is C19H36O2S. The summed E-state index contributed by atoms with van der Waals surface area (Å²) in [6.45, 7) is 6.23. The largest absolute Gasteiger partial charge is 0.377 e. The molecule has 2 nitrogen and oxygen atoms in total. The smallest absolute Gasteiger partial charge is 0.103 e. The maximum atomic E-state index is 5.74. The van der Waals surface area contributed by atoms with E-state index in [4.69, 9.17) is 9.47 Å². The third-order valence-corrected chi connectivity index (χ3v) is 5.38. The Kier molecular flexibility index (Phi) is 14.5. The summed E-state index contributed by atoms with van der Waals surface area (Å²) in [4.78, 5) is 0. The van der Waals surface area contributed by atoms with Gasteiger partial charge in [0, 0.05) is 13.2 Å². The van der Waals surface area contributed by atoms with E-state index >= 15 is 0 Å². The zero-order chi connectivity index (χ0) is 15.7. The molecular weight excluding hydrogens is 292 g/mol. The van der Waals surface area contributed by atoms with Crippen LogP contribution in [0.2, 0.25) is 0 Å². The van der Waals surface area contributed by atoms with Crippen LogP contribution in [0.3, 0.4) is 0 Å². The first-order chi connectivity index (χ1) is 10.9. The second-order valence-electron chi connectivity index (χ2n) is 6.21. The maximum Gasteiger partial charge on any atom is 0.103 e. The van der Waals surface area contributed by atoms with Gasteiger partial charge in [0.25, 0.3) is 0 Å². The average Bonchev–Trinajstić information content (AvgIpc) is 2.56. The van der Waals surface area contributed by atoms with Crippen molar-refractivity contribution in [1.82, 2.24) is 0 Å². The molecule has 0 aromatic rings. The zero-order valence-electron chi connectivity index (χ0n) is 14.4. The van der Waals surface area contributed by atoms with Gasteiger partial charge in [-0.05, 0) is 37.9 Å². The summed E-state index contributed by atoms with van der Waals surface area (Å²) >= 11 is 2.04. The standard InChI is InChI=1S/C19H36O2S/c1-2-15-20-16-11-8-6-4-3-5-7-9-13-18-22-19-14-10-12-17-21-19/h2,19H,1,3-18H2. The van der Waals surface area contributed by atoms with Crippen molar-refractivity contribution in [2.75, 3.05) is 25.6 Å². The molecule has 1 fully saturated rings. The van der Waals surface area contributed by atoms with E-state index < -0.39 is 0 Å². The molecule has 0 saturated carbocycles. The van der Waals surface area contributed by atoms with E-state index in [2.05, 4.69) is 6.58 Å². The lowest BCUT2D eigenvalue weighted by Crippen LogP contribution is -2.15. The van der Waals surface area contributed by atoms with Gasteiger partial charge in [0.1, 0.15) is 5.44 Å². The lowest BCUT2D eigenvalue weighted by Gasteiger charge is -2.21. The minimum absolute atomic E-state index is 0.504. The van der Waals surface area contributed by atoms with Crippen LogP contribution in [-0.2, 0) is 9.47 Å². The summed E-state index contributed by atoms with van der Waals surface area (Å²) in [5.41, 5.74) is 0.504. The normalized spacial score (nSPS) is 18.5. The first kappa shape index (κ1) is 20.1. The van der Waals surface area contributed by atoms with Crippen molar-refractivity contribution in [3.05, 3.63) is 12.7 Å². The van der Waals surface area contributed by atoms with Crippen LogP contribution in [0, 0.1) is 0 Å². The Bertz CT molecular complexity index is 240. The molecule has 1 aliphatic rings. The molecule has 0 aromatic heterocycles. The van der Waals surface area contributed by atoms with E-state index in [9.17, 15) is 0 Å². The SMILES string of the molecule is C=CCOCCCCCCCCCCCSC1CCCCO1. The first-order valence-electron chi connectivity index (χ1n) is 9.35. The first-order valence-corrected chi connectivity index (χ1v) is 10.4. The van der Waals surface area contributed by atoms with Crippen LogP contribution in [0.4, 0.5) is 0 Å². The number of hydrogen-bond acceptors (Lipinski definition) is 3. The molecule has 0 N–H and O–H groups in total. The van der Waals surface area contributed by atoms with Crippen LogP contribution < -0.4 is 0 Å². The van der Waals surface area contributed by atoms with Gasteiger partial charge in [-0.1, -0.05) is 51.0 Å². The second kappa shape index (κ2) is 15.9. The van der Waals surface area contributed by atoms with Gasteiger partial charge >= 0.3 is 0 Å². The minimum Gasteiger partial charge on any atom is -0.377 e. The molecule has 0 spiro atoms. The summed E-state index contributed by atoms with van der Waals surface area (Å²) in [7, 11) is 0. The molecule has 0 aromatic carbocycles. The number of hydrogen-bond donors (Lipinski definition) is 0. The van der Waals surface area contributed by atoms with E-state index in [0.29, 0.717) is 12.0 Å². The van der Waals surface area contributed by atoms with Gasteiger partial charge in [0.15, 0.2) is 0 Å². The Morgan fingerprint density at radius 2 is 1.64 bits per heavy atom. The number of rotatable bonds is 15. The van der Waals surface area contributed by atoms with E-state index in [1.54, 1.807) is 0 Å². The summed E-state index contributed by atoms with van der Waals surface area (Å²) < 4.78 is 11.1. The monoisotopic (exact) mass is 328 g/mol. The van der Waals surface area contributed by atoms with E-state index in [1.165, 1.54) is 82.8 Å². The Hall–Kier alpha value is 0.01000. The van der Waals surface area contributed by atoms with Crippen LogP contribution >= 0.6 is 11.8 Å². The molecule has 1 rings (SSSR count). The van der Waals surface area contributed by atoms with Gasteiger partial charge in [-0.3, -0.25) is 0 Å². The van der Waals surface area contributed by atoms with Crippen molar-refractivity contribution in [3.8, 4) is 0 Å². The molecule has 0 amide bonds. The third-order valence-electron chi connectivity index (χ3n) is 4.11. The predicted octanol–water partition coefficient (Wildman–Crippen LogP) is 5.96.